The number of rotatable bonds is 11. The minimum atomic E-state index is -0.292. The van der Waals surface area contributed by atoms with E-state index in [1.165, 1.54) is 17.7 Å². The SMILES string of the molecule is CC1=C[C@@H](CNCCN(C)C)[C@H](C(C)C)C[C@H]1Cc1nnc(COc2ccc(F)cc2)o1. The summed E-state index contributed by atoms with van der Waals surface area (Å²) in [6.07, 6.45) is 4.33. The van der Waals surface area contributed by atoms with Gasteiger partial charge in [-0.1, -0.05) is 25.5 Å². The molecule has 1 aromatic carbocycles. The van der Waals surface area contributed by atoms with Crippen LogP contribution in [0.3, 0.4) is 0 Å². The van der Waals surface area contributed by atoms with Crippen LogP contribution in [0, 0.1) is 29.5 Å². The Bertz CT molecular complexity index is 863. The Morgan fingerprint density at radius 1 is 1.19 bits per heavy atom. The van der Waals surface area contributed by atoms with Gasteiger partial charge < -0.3 is 19.4 Å². The van der Waals surface area contributed by atoms with E-state index in [1.807, 2.05) is 0 Å². The molecule has 0 saturated heterocycles. The Labute approximate surface area is 191 Å². The third-order valence-corrected chi connectivity index (χ3v) is 6.31. The van der Waals surface area contributed by atoms with E-state index >= 15 is 0 Å². The monoisotopic (exact) mass is 444 g/mol. The zero-order valence-corrected chi connectivity index (χ0v) is 20.0. The summed E-state index contributed by atoms with van der Waals surface area (Å²) in [5, 5.41) is 12.0. The number of nitrogens with zero attached hydrogens (tertiary/aromatic N) is 3. The zero-order valence-electron chi connectivity index (χ0n) is 20.0. The quantitative estimate of drug-likeness (QED) is 0.411. The summed E-state index contributed by atoms with van der Waals surface area (Å²) in [7, 11) is 4.21. The lowest BCUT2D eigenvalue weighted by atomic mass is 9.70. The maximum Gasteiger partial charge on any atom is 0.253 e. The van der Waals surface area contributed by atoms with Crippen molar-refractivity contribution in [2.45, 2.75) is 40.2 Å². The lowest BCUT2D eigenvalue weighted by Gasteiger charge is -2.37. The molecule has 32 heavy (non-hydrogen) atoms. The lowest BCUT2D eigenvalue weighted by Crippen LogP contribution is -2.37. The van der Waals surface area contributed by atoms with Gasteiger partial charge in [0, 0.05) is 26.1 Å². The average Bonchev–Trinajstić information content (AvgIpc) is 3.19. The van der Waals surface area contributed by atoms with Crippen molar-refractivity contribution in [3.05, 3.63) is 53.5 Å². The summed E-state index contributed by atoms with van der Waals surface area (Å²) >= 11 is 0. The molecule has 7 heteroatoms. The average molecular weight is 445 g/mol. The van der Waals surface area contributed by atoms with Crippen LogP contribution in [0.15, 0.2) is 40.3 Å². The molecular formula is C25H37FN4O2. The molecule has 1 aromatic heterocycles. The topological polar surface area (TPSA) is 63.4 Å². The van der Waals surface area contributed by atoms with Crippen molar-refractivity contribution in [3.8, 4) is 5.75 Å². The van der Waals surface area contributed by atoms with Crippen molar-refractivity contribution in [2.75, 3.05) is 33.7 Å². The summed E-state index contributed by atoms with van der Waals surface area (Å²) < 4.78 is 24.5. The number of ether oxygens (including phenoxy) is 1. The zero-order chi connectivity index (χ0) is 23.1. The van der Waals surface area contributed by atoms with Crippen LogP contribution in [-0.4, -0.2) is 48.8 Å². The minimum absolute atomic E-state index is 0.174. The van der Waals surface area contributed by atoms with Crippen molar-refractivity contribution in [1.29, 1.82) is 0 Å². The Morgan fingerprint density at radius 2 is 1.91 bits per heavy atom. The maximum absolute atomic E-state index is 13.0. The van der Waals surface area contributed by atoms with Gasteiger partial charge >= 0.3 is 0 Å². The number of hydrogen-bond acceptors (Lipinski definition) is 6. The molecule has 0 amide bonds. The van der Waals surface area contributed by atoms with Crippen molar-refractivity contribution in [1.82, 2.24) is 20.4 Å². The van der Waals surface area contributed by atoms with Gasteiger partial charge in [0.1, 0.15) is 11.6 Å². The molecule has 1 heterocycles. The van der Waals surface area contributed by atoms with Crippen LogP contribution in [0.1, 0.15) is 39.0 Å². The number of allylic oxidation sites excluding steroid dienone is 1. The number of hydrogen-bond donors (Lipinski definition) is 1. The molecule has 1 aliphatic rings. The molecular weight excluding hydrogens is 407 g/mol. The van der Waals surface area contributed by atoms with E-state index in [0.29, 0.717) is 41.2 Å². The smallest absolute Gasteiger partial charge is 0.253 e. The van der Waals surface area contributed by atoms with Crippen LogP contribution in [0.4, 0.5) is 4.39 Å². The predicted octanol–water partition coefficient (Wildman–Crippen LogP) is 4.34. The van der Waals surface area contributed by atoms with E-state index in [0.717, 1.165) is 32.5 Å². The molecule has 3 rings (SSSR count). The summed E-state index contributed by atoms with van der Waals surface area (Å²) in [6, 6.07) is 5.90. The molecule has 0 aliphatic heterocycles. The fourth-order valence-corrected chi connectivity index (χ4v) is 4.39. The highest BCUT2D eigenvalue weighted by Gasteiger charge is 2.32. The highest BCUT2D eigenvalue weighted by atomic mass is 19.1. The summed E-state index contributed by atoms with van der Waals surface area (Å²) in [4.78, 5) is 2.20. The molecule has 2 aromatic rings. The molecule has 6 nitrogen and oxygen atoms in total. The highest BCUT2D eigenvalue weighted by molar-refractivity contribution is 5.22. The van der Waals surface area contributed by atoms with Crippen LogP contribution >= 0.6 is 0 Å². The van der Waals surface area contributed by atoms with Crippen molar-refractivity contribution < 1.29 is 13.5 Å². The Hall–Kier alpha value is -2.25. The molecule has 0 bridgehead atoms. The van der Waals surface area contributed by atoms with Gasteiger partial charge in [-0.05, 0) is 75.4 Å². The third kappa shape index (κ3) is 7.14. The van der Waals surface area contributed by atoms with Gasteiger partial charge in [-0.2, -0.15) is 0 Å². The summed E-state index contributed by atoms with van der Waals surface area (Å²) in [5.41, 5.74) is 1.41. The third-order valence-electron chi connectivity index (χ3n) is 6.31. The minimum Gasteiger partial charge on any atom is -0.484 e. The largest absolute Gasteiger partial charge is 0.484 e. The molecule has 0 radical (unpaired) electrons. The van der Waals surface area contributed by atoms with Gasteiger partial charge in [-0.15, -0.1) is 10.2 Å². The van der Waals surface area contributed by atoms with Crippen LogP contribution < -0.4 is 10.1 Å². The van der Waals surface area contributed by atoms with Crippen LogP contribution in [-0.2, 0) is 13.0 Å². The first kappa shape index (κ1) is 24.4. The Balaban J connectivity index is 1.56. The van der Waals surface area contributed by atoms with E-state index in [1.54, 1.807) is 12.1 Å². The Morgan fingerprint density at radius 3 is 2.59 bits per heavy atom. The van der Waals surface area contributed by atoms with E-state index < -0.39 is 0 Å². The lowest BCUT2D eigenvalue weighted by molar-refractivity contribution is 0.214. The van der Waals surface area contributed by atoms with Crippen LogP contribution in [0.25, 0.3) is 0 Å². The number of likely N-dealkylation sites (N-methyl/N-ethyl adjacent to an activating group) is 1. The van der Waals surface area contributed by atoms with Gasteiger partial charge in [-0.25, -0.2) is 4.39 Å². The molecule has 0 spiro atoms. The molecule has 3 atom stereocenters. The van der Waals surface area contributed by atoms with Crippen LogP contribution in [0.2, 0.25) is 0 Å². The predicted molar refractivity (Wildman–Crippen MR) is 124 cm³/mol. The molecule has 0 saturated carbocycles. The second kappa shape index (κ2) is 11.6. The van der Waals surface area contributed by atoms with Crippen molar-refractivity contribution in [2.24, 2.45) is 23.7 Å². The van der Waals surface area contributed by atoms with Gasteiger partial charge in [0.15, 0.2) is 6.61 Å². The van der Waals surface area contributed by atoms with E-state index in [2.05, 4.69) is 61.4 Å². The summed E-state index contributed by atoms with van der Waals surface area (Å²) in [5.74, 6) is 3.56. The Kier molecular flexibility index (Phi) is 8.82. The highest BCUT2D eigenvalue weighted by Crippen LogP contribution is 2.38. The van der Waals surface area contributed by atoms with Gasteiger partial charge in [0.2, 0.25) is 5.89 Å². The van der Waals surface area contributed by atoms with Crippen LogP contribution in [0.5, 0.6) is 5.75 Å². The fourth-order valence-electron chi connectivity index (χ4n) is 4.39. The normalized spacial score (nSPS) is 21.2. The number of nitrogens with one attached hydrogen (secondary N) is 1. The first-order valence-electron chi connectivity index (χ1n) is 11.5. The van der Waals surface area contributed by atoms with E-state index in [4.69, 9.17) is 9.15 Å². The molecule has 1 N–H and O–H groups in total. The fraction of sp³-hybridized carbons (Fsp3) is 0.600. The van der Waals surface area contributed by atoms with Gasteiger partial charge in [-0.3, -0.25) is 0 Å². The first-order chi connectivity index (χ1) is 15.3. The first-order valence-corrected chi connectivity index (χ1v) is 11.5. The van der Waals surface area contributed by atoms with Gasteiger partial charge in [0.25, 0.3) is 5.89 Å². The maximum atomic E-state index is 13.0. The summed E-state index contributed by atoms with van der Waals surface area (Å²) in [6.45, 7) is 10.1. The number of halogens is 1. The number of benzene rings is 1. The van der Waals surface area contributed by atoms with Gasteiger partial charge in [0.05, 0.1) is 0 Å². The van der Waals surface area contributed by atoms with E-state index in [-0.39, 0.29) is 12.4 Å². The van der Waals surface area contributed by atoms with Crippen molar-refractivity contribution >= 4 is 0 Å². The standard InChI is InChI=1S/C25H37FN4O2/c1-17(2)23-13-19(18(3)12-20(23)15-27-10-11-30(4)5)14-24-28-29-25(32-24)16-31-22-8-6-21(26)7-9-22/h6-9,12,17,19-20,23,27H,10-11,13-16H2,1-5H3/t19-,20-,23-/m0/s1. The second-order valence-corrected chi connectivity index (χ2v) is 9.46. The number of aromatic nitrogens is 2. The molecule has 0 fully saturated rings. The van der Waals surface area contributed by atoms with E-state index in [9.17, 15) is 4.39 Å². The molecule has 176 valence electrons. The molecule has 0 unspecified atom stereocenters. The van der Waals surface area contributed by atoms with Crippen molar-refractivity contribution in [3.63, 3.8) is 0 Å². The second-order valence-electron chi connectivity index (χ2n) is 9.46. The molecule has 1 aliphatic carbocycles.